The Morgan fingerprint density at radius 1 is 1.36 bits per heavy atom. The van der Waals surface area contributed by atoms with E-state index in [0.29, 0.717) is 5.82 Å². The van der Waals surface area contributed by atoms with Crippen LogP contribution in [0.5, 0.6) is 0 Å². The van der Waals surface area contributed by atoms with Crippen LogP contribution < -0.4 is 0 Å². The van der Waals surface area contributed by atoms with Gasteiger partial charge in [-0.15, -0.1) is 11.3 Å². The van der Waals surface area contributed by atoms with Gasteiger partial charge >= 0.3 is 0 Å². The van der Waals surface area contributed by atoms with Crippen molar-refractivity contribution in [2.24, 2.45) is 0 Å². The van der Waals surface area contributed by atoms with Crippen LogP contribution in [0.2, 0.25) is 0 Å². The third kappa shape index (κ3) is 4.27. The van der Waals surface area contributed by atoms with E-state index in [0.717, 1.165) is 24.1 Å². The second kappa shape index (κ2) is 7.25. The van der Waals surface area contributed by atoms with E-state index in [4.69, 9.17) is 4.52 Å². The van der Waals surface area contributed by atoms with E-state index in [9.17, 15) is 13.2 Å². The highest BCUT2D eigenvalue weighted by molar-refractivity contribution is 7.91. The van der Waals surface area contributed by atoms with Gasteiger partial charge in [0.25, 0.3) is 0 Å². The molecule has 9 heteroatoms. The Hall–Kier alpha value is -1.74. The molecular weight excluding hydrogens is 362 g/mol. The minimum absolute atomic E-state index is 0.0101. The van der Waals surface area contributed by atoms with Gasteiger partial charge < -0.3 is 9.42 Å². The Bertz CT molecular complexity index is 819. The van der Waals surface area contributed by atoms with Crippen LogP contribution in [0.25, 0.3) is 10.7 Å². The van der Waals surface area contributed by atoms with E-state index in [1.54, 1.807) is 4.90 Å². The standard InChI is InChI=1S/C16H21N3O4S2/c1-11-5-3-6-12(2)19(11)15(20)10-25(21,22)9-14-17-16(18-23-14)13-7-4-8-24-13/h4,7-8,11-12H,3,5-6,9-10H2,1-2H3/t11-,12-/m1/s1. The van der Waals surface area contributed by atoms with Crippen molar-refractivity contribution < 1.29 is 17.7 Å². The molecule has 2 aromatic heterocycles. The van der Waals surface area contributed by atoms with Gasteiger partial charge in [0.05, 0.1) is 4.88 Å². The first-order valence-corrected chi connectivity index (χ1v) is 10.9. The van der Waals surface area contributed by atoms with E-state index < -0.39 is 21.3 Å². The van der Waals surface area contributed by atoms with Crippen LogP contribution in [0.15, 0.2) is 22.0 Å². The van der Waals surface area contributed by atoms with Crippen LogP contribution in [0.4, 0.5) is 0 Å². The lowest BCUT2D eigenvalue weighted by Crippen LogP contribution is -2.49. The van der Waals surface area contributed by atoms with Crippen molar-refractivity contribution >= 4 is 27.1 Å². The van der Waals surface area contributed by atoms with E-state index in [-0.39, 0.29) is 23.9 Å². The normalized spacial score (nSPS) is 21.4. The SMILES string of the molecule is C[C@@H]1CCC[C@@H](C)N1C(=O)CS(=O)(=O)Cc1nc(-c2cccs2)no1. The summed E-state index contributed by atoms with van der Waals surface area (Å²) in [7, 11) is -3.67. The summed E-state index contributed by atoms with van der Waals surface area (Å²) >= 11 is 1.44. The molecule has 0 aliphatic carbocycles. The minimum atomic E-state index is -3.67. The zero-order chi connectivity index (χ0) is 18.0. The summed E-state index contributed by atoms with van der Waals surface area (Å²) in [6.45, 7) is 3.93. The van der Waals surface area contributed by atoms with Crippen LogP contribution >= 0.6 is 11.3 Å². The number of amides is 1. The molecule has 0 spiro atoms. The number of aromatic nitrogens is 2. The predicted octanol–water partition coefficient (Wildman–Crippen LogP) is 2.50. The van der Waals surface area contributed by atoms with E-state index in [1.165, 1.54) is 11.3 Å². The van der Waals surface area contributed by atoms with E-state index in [2.05, 4.69) is 10.1 Å². The summed E-state index contributed by atoms with van der Waals surface area (Å²) in [5.41, 5.74) is 0. The second-order valence-corrected chi connectivity index (χ2v) is 9.46. The van der Waals surface area contributed by atoms with Crippen LogP contribution in [0, 0.1) is 0 Å². The van der Waals surface area contributed by atoms with Gasteiger partial charge in [0.15, 0.2) is 9.84 Å². The molecule has 1 amide bonds. The molecule has 0 aromatic carbocycles. The number of nitrogens with zero attached hydrogens (tertiary/aromatic N) is 3. The maximum Gasteiger partial charge on any atom is 0.242 e. The Kier molecular flexibility index (Phi) is 5.24. The molecule has 1 aliphatic rings. The van der Waals surface area contributed by atoms with E-state index in [1.807, 2.05) is 31.4 Å². The first-order valence-electron chi connectivity index (χ1n) is 8.24. The molecule has 7 nitrogen and oxygen atoms in total. The third-order valence-corrected chi connectivity index (χ3v) is 6.62. The van der Waals surface area contributed by atoms with Crippen molar-refractivity contribution in [1.29, 1.82) is 0 Å². The summed E-state index contributed by atoms with van der Waals surface area (Å²) < 4.78 is 29.8. The average Bonchev–Trinajstić information content (AvgIpc) is 3.16. The predicted molar refractivity (Wildman–Crippen MR) is 94.7 cm³/mol. The van der Waals surface area contributed by atoms with Gasteiger partial charge in [-0.2, -0.15) is 4.98 Å². The Morgan fingerprint density at radius 2 is 2.08 bits per heavy atom. The monoisotopic (exact) mass is 383 g/mol. The Balaban J connectivity index is 1.67. The third-order valence-electron chi connectivity index (χ3n) is 4.38. The molecule has 0 N–H and O–H groups in total. The Morgan fingerprint density at radius 3 is 2.72 bits per heavy atom. The lowest BCUT2D eigenvalue weighted by atomic mass is 9.98. The summed E-state index contributed by atoms with van der Waals surface area (Å²) in [6.07, 6.45) is 2.88. The van der Waals surface area contributed by atoms with Crippen LogP contribution in [-0.4, -0.2) is 47.2 Å². The molecule has 3 heterocycles. The van der Waals surface area contributed by atoms with Crippen LogP contribution in [0.3, 0.4) is 0 Å². The molecule has 3 rings (SSSR count). The van der Waals surface area contributed by atoms with Crippen molar-refractivity contribution in [3.05, 3.63) is 23.4 Å². The van der Waals surface area contributed by atoms with Crippen molar-refractivity contribution in [2.45, 2.75) is 50.9 Å². The molecule has 1 fully saturated rings. The van der Waals surface area contributed by atoms with Gasteiger partial charge in [0, 0.05) is 12.1 Å². The average molecular weight is 383 g/mol. The van der Waals surface area contributed by atoms with Gasteiger partial charge in [-0.25, -0.2) is 8.42 Å². The maximum atomic E-state index is 12.5. The zero-order valence-corrected chi connectivity index (χ0v) is 15.8. The quantitative estimate of drug-likeness (QED) is 0.787. The van der Waals surface area contributed by atoms with Gasteiger partial charge in [-0.05, 0) is 44.6 Å². The lowest BCUT2D eigenvalue weighted by Gasteiger charge is -2.39. The van der Waals surface area contributed by atoms with Gasteiger partial charge in [0.2, 0.25) is 17.6 Å². The number of carbonyl (C=O) groups is 1. The summed E-state index contributed by atoms with van der Waals surface area (Å²) in [4.78, 5) is 19.1. The molecule has 136 valence electrons. The fraction of sp³-hybridized carbons (Fsp3) is 0.562. The summed E-state index contributed by atoms with van der Waals surface area (Å²) in [5.74, 6) is -0.926. The number of sulfone groups is 1. The molecule has 0 bridgehead atoms. The molecule has 1 saturated heterocycles. The van der Waals surface area contributed by atoms with Crippen molar-refractivity contribution in [3.63, 3.8) is 0 Å². The molecular formula is C16H21N3O4S2. The van der Waals surface area contributed by atoms with Crippen molar-refractivity contribution in [2.75, 3.05) is 5.75 Å². The number of hydrogen-bond acceptors (Lipinski definition) is 7. The first-order chi connectivity index (χ1) is 11.9. The van der Waals surface area contributed by atoms with Crippen molar-refractivity contribution in [1.82, 2.24) is 15.0 Å². The summed E-state index contributed by atoms with van der Waals surface area (Å²) in [5, 5.41) is 5.68. The number of thiophene rings is 1. The fourth-order valence-corrected chi connectivity index (χ4v) is 5.00. The lowest BCUT2D eigenvalue weighted by molar-refractivity contribution is -0.134. The van der Waals surface area contributed by atoms with Crippen LogP contribution in [-0.2, 0) is 20.4 Å². The maximum absolute atomic E-state index is 12.5. The van der Waals surface area contributed by atoms with Gasteiger partial charge in [0.1, 0.15) is 11.5 Å². The number of likely N-dealkylation sites (tertiary alicyclic amines) is 1. The van der Waals surface area contributed by atoms with Gasteiger partial charge in [-0.3, -0.25) is 4.79 Å². The van der Waals surface area contributed by atoms with Gasteiger partial charge in [-0.1, -0.05) is 11.2 Å². The second-order valence-electron chi connectivity index (χ2n) is 6.45. The highest BCUT2D eigenvalue weighted by atomic mass is 32.2. The highest BCUT2D eigenvalue weighted by Gasteiger charge is 2.32. The smallest absolute Gasteiger partial charge is 0.242 e. The topological polar surface area (TPSA) is 93.4 Å². The zero-order valence-electron chi connectivity index (χ0n) is 14.2. The number of piperidine rings is 1. The molecule has 2 atom stereocenters. The first kappa shape index (κ1) is 18.1. The van der Waals surface area contributed by atoms with Crippen molar-refractivity contribution in [3.8, 4) is 10.7 Å². The molecule has 1 aliphatic heterocycles. The number of hydrogen-bond donors (Lipinski definition) is 0. The van der Waals surface area contributed by atoms with E-state index >= 15 is 0 Å². The fourth-order valence-electron chi connectivity index (χ4n) is 3.23. The highest BCUT2D eigenvalue weighted by Crippen LogP contribution is 2.24. The molecule has 0 radical (unpaired) electrons. The largest absolute Gasteiger partial charge is 0.338 e. The number of rotatable bonds is 5. The Labute approximate surface area is 151 Å². The summed E-state index contributed by atoms with van der Waals surface area (Å²) in [6, 6.07) is 3.82. The minimum Gasteiger partial charge on any atom is -0.338 e. The molecule has 25 heavy (non-hydrogen) atoms. The molecule has 2 aromatic rings. The molecule has 0 saturated carbocycles. The van der Waals surface area contributed by atoms with Crippen LogP contribution in [0.1, 0.15) is 39.0 Å². The molecule has 0 unspecified atom stereocenters. The number of carbonyl (C=O) groups excluding carboxylic acids is 1.